The number of carbonyl (C=O) groups excluding carboxylic acids is 7. The molecule has 2 bridgehead atoms. The van der Waals surface area contributed by atoms with Crippen molar-refractivity contribution in [2.45, 2.75) is 113 Å². The lowest BCUT2D eigenvalue weighted by molar-refractivity contribution is -0.182. The maximum absolute atomic E-state index is 14.0. The van der Waals surface area contributed by atoms with Gasteiger partial charge in [-0.25, -0.2) is 0 Å². The molecule has 0 aliphatic carbocycles. The average Bonchev–Trinajstić information content (AvgIpc) is 3.61. The zero-order valence-electron chi connectivity index (χ0n) is 37.0. The molecule has 2 amide bonds. The second-order valence-corrected chi connectivity index (χ2v) is 26.8. The van der Waals surface area contributed by atoms with Crippen molar-refractivity contribution in [3.05, 3.63) is 12.2 Å². The van der Waals surface area contributed by atoms with Gasteiger partial charge in [0.15, 0.2) is 6.10 Å². The highest BCUT2D eigenvalue weighted by Crippen LogP contribution is 2.31. The van der Waals surface area contributed by atoms with Gasteiger partial charge in [-0.2, -0.15) is 0 Å². The Morgan fingerprint density at radius 3 is 1.28 bits per heavy atom. The topological polar surface area (TPSA) is 197 Å². The van der Waals surface area contributed by atoms with Crippen molar-refractivity contribution in [2.75, 3.05) is 66.0 Å². The lowest BCUT2D eigenvalue weighted by Gasteiger charge is -2.33. The van der Waals surface area contributed by atoms with Crippen LogP contribution in [0.3, 0.4) is 0 Å². The number of rotatable bonds is 24. The van der Waals surface area contributed by atoms with Gasteiger partial charge in [0.25, 0.3) is 5.91 Å². The highest BCUT2D eigenvalue weighted by atomic mass is 79.9. The van der Waals surface area contributed by atoms with Crippen molar-refractivity contribution < 1.29 is 71.5 Å². The number of nitrogens with zero attached hydrogens (tertiary/aromatic N) is 1. The molecule has 0 N–H and O–H groups in total. The van der Waals surface area contributed by atoms with Gasteiger partial charge in [0, 0.05) is 8.65 Å². The van der Waals surface area contributed by atoms with E-state index in [1.807, 2.05) is 27.7 Å². The molecule has 0 aromatic heterocycles. The van der Waals surface area contributed by atoms with Crippen molar-refractivity contribution in [3.8, 4) is 0 Å². The lowest BCUT2D eigenvalue weighted by Crippen LogP contribution is -2.48. The number of ether oxygens (including phenoxy) is 8. The van der Waals surface area contributed by atoms with E-state index >= 15 is 0 Å². The molecule has 1 saturated heterocycles. The first-order chi connectivity index (χ1) is 27.6. The third kappa shape index (κ3) is 17.2. The van der Waals surface area contributed by atoms with E-state index in [1.54, 1.807) is 46.8 Å². The van der Waals surface area contributed by atoms with E-state index in [4.69, 9.17) is 37.9 Å². The van der Waals surface area contributed by atoms with Crippen molar-refractivity contribution in [2.24, 2.45) is 22.2 Å². The number of fused-ring (bicyclic) bond motifs is 2. The molecule has 2 heterocycles. The van der Waals surface area contributed by atoms with Crippen LogP contribution >= 0.6 is 63.7 Å². The Kier molecular flexibility index (Phi) is 19.7. The van der Waals surface area contributed by atoms with Crippen LogP contribution in [0.2, 0.25) is 0 Å². The summed E-state index contributed by atoms with van der Waals surface area (Å²) in [6, 6.07) is 0. The van der Waals surface area contributed by atoms with Gasteiger partial charge in [-0.3, -0.25) is 38.5 Å². The van der Waals surface area contributed by atoms with Crippen LogP contribution in [0.5, 0.6) is 0 Å². The van der Waals surface area contributed by atoms with Gasteiger partial charge in [0.05, 0.1) is 45.0 Å². The second kappa shape index (κ2) is 21.8. The SMILES string of the molecule is CC1C(=O)N(CCOC(=O)C(C)(COC(=O)C(C)(COCC(C)(C)Br)COC(=O)C(C)(C)Br)COC(=O)C(C)(COCC(C)(C)Br)COC(=O)C(C)(C)Br)C(=O)C2C=CC1O2. The first-order valence-electron chi connectivity index (χ1n) is 19.6. The fraction of sp³-hybridized carbons (Fsp3) is 0.780. The molecule has 61 heavy (non-hydrogen) atoms. The van der Waals surface area contributed by atoms with Crippen LogP contribution in [-0.4, -0.2) is 142 Å². The Labute approximate surface area is 392 Å². The van der Waals surface area contributed by atoms with Crippen LogP contribution in [0, 0.1) is 22.2 Å². The van der Waals surface area contributed by atoms with Crippen molar-refractivity contribution in [1.82, 2.24) is 4.90 Å². The molecule has 2 aliphatic rings. The van der Waals surface area contributed by atoms with Crippen LogP contribution in [0.25, 0.3) is 0 Å². The number of carbonyl (C=O) groups is 7. The molecule has 348 valence electrons. The molecule has 5 unspecified atom stereocenters. The molecule has 0 radical (unpaired) electrons. The molecule has 0 spiro atoms. The van der Waals surface area contributed by atoms with Gasteiger partial charge in [0.2, 0.25) is 5.91 Å². The van der Waals surface area contributed by atoms with E-state index in [0.717, 1.165) is 4.90 Å². The number of imide groups is 1. The zero-order chi connectivity index (χ0) is 47.0. The van der Waals surface area contributed by atoms with E-state index in [0.29, 0.717) is 0 Å². The predicted octanol–water partition coefficient (Wildman–Crippen LogP) is 5.78. The Bertz CT molecular complexity index is 1570. The first-order valence-corrected chi connectivity index (χ1v) is 22.8. The summed E-state index contributed by atoms with van der Waals surface area (Å²) in [7, 11) is 0. The fourth-order valence-corrected chi connectivity index (χ4v) is 5.83. The summed E-state index contributed by atoms with van der Waals surface area (Å²) in [4.78, 5) is 94.6. The van der Waals surface area contributed by atoms with E-state index in [2.05, 4.69) is 63.7 Å². The minimum Gasteiger partial charge on any atom is -0.464 e. The third-order valence-electron chi connectivity index (χ3n) is 9.25. The Morgan fingerprint density at radius 2 is 0.902 bits per heavy atom. The summed E-state index contributed by atoms with van der Waals surface area (Å²) in [6.45, 7) is 16.3. The molecule has 0 aromatic carbocycles. The van der Waals surface area contributed by atoms with E-state index in [1.165, 1.54) is 20.8 Å². The van der Waals surface area contributed by atoms with E-state index < -0.39 is 126 Å². The highest BCUT2D eigenvalue weighted by molar-refractivity contribution is 9.10. The van der Waals surface area contributed by atoms with Crippen molar-refractivity contribution >= 4 is 105 Å². The first kappa shape index (κ1) is 55.2. The Morgan fingerprint density at radius 1 is 0.541 bits per heavy atom. The van der Waals surface area contributed by atoms with Gasteiger partial charge in [0.1, 0.15) is 57.9 Å². The molecule has 20 heteroatoms. The molecule has 2 aliphatic heterocycles. The van der Waals surface area contributed by atoms with Crippen molar-refractivity contribution in [1.29, 1.82) is 0 Å². The number of esters is 5. The second-order valence-electron chi connectivity index (χ2n) is 18.5. The minimum absolute atomic E-state index is 0.163. The van der Waals surface area contributed by atoms with Gasteiger partial charge in [-0.15, -0.1) is 0 Å². The quantitative estimate of drug-likeness (QED) is 0.0371. The maximum Gasteiger partial charge on any atom is 0.322 e. The third-order valence-corrected chi connectivity index (χ3v) is 10.4. The van der Waals surface area contributed by atoms with Crippen LogP contribution < -0.4 is 0 Å². The summed E-state index contributed by atoms with van der Waals surface area (Å²) in [5.41, 5.74) is -5.07. The molecular weight excluding hydrogens is 1070 g/mol. The van der Waals surface area contributed by atoms with Crippen LogP contribution in [0.15, 0.2) is 12.2 Å². The normalized spacial score (nSPS) is 21.4. The van der Waals surface area contributed by atoms with Crippen LogP contribution in [-0.2, 0) is 71.5 Å². The van der Waals surface area contributed by atoms with Crippen molar-refractivity contribution in [3.63, 3.8) is 0 Å². The largest absolute Gasteiger partial charge is 0.464 e. The molecule has 0 saturated carbocycles. The predicted molar refractivity (Wildman–Crippen MR) is 236 cm³/mol. The molecule has 2 rings (SSSR count). The Balaban J connectivity index is 2.42. The van der Waals surface area contributed by atoms with Crippen LogP contribution in [0.4, 0.5) is 0 Å². The Hall–Kier alpha value is -1.97. The average molecular weight is 1130 g/mol. The van der Waals surface area contributed by atoms with Crippen LogP contribution in [0.1, 0.15) is 83.1 Å². The molecule has 5 atom stereocenters. The summed E-state index contributed by atoms with van der Waals surface area (Å²) >= 11 is 13.5. The standard InChI is InChI=1S/C41H61Br4NO15/c1-25-26-13-14-27(61-26)29(48)46(28(25)47)15-16-56-32(51)41(12,23-59-33(52)39(10,19-54-17-35(2,3)42)21-57-30(49)37(6,7)44)24-60-34(53)40(11,20-55-18-36(4,5)43)22-58-31(50)38(8,9)45/h13-14,25-27H,15-24H2,1-12H3. The highest BCUT2D eigenvalue weighted by Gasteiger charge is 2.47. The van der Waals surface area contributed by atoms with E-state index in [-0.39, 0.29) is 33.0 Å². The van der Waals surface area contributed by atoms with Gasteiger partial charge in [-0.05, 0) is 82.2 Å². The van der Waals surface area contributed by atoms with Gasteiger partial charge in [-0.1, -0.05) is 76.7 Å². The fourth-order valence-electron chi connectivity index (χ4n) is 5.28. The molecular formula is C41H61Br4NO15. The molecule has 0 aromatic rings. The summed E-state index contributed by atoms with van der Waals surface area (Å²) in [6.07, 6.45) is 1.69. The van der Waals surface area contributed by atoms with Gasteiger partial charge < -0.3 is 37.9 Å². The number of hydrogen-bond acceptors (Lipinski definition) is 15. The number of hydrogen-bond donors (Lipinski definition) is 0. The number of halogens is 4. The van der Waals surface area contributed by atoms with E-state index in [9.17, 15) is 33.6 Å². The zero-order valence-corrected chi connectivity index (χ0v) is 43.4. The summed E-state index contributed by atoms with van der Waals surface area (Å²) < 4.78 is 42.3. The molecule has 16 nitrogen and oxygen atoms in total. The lowest BCUT2D eigenvalue weighted by atomic mass is 9.90. The summed E-state index contributed by atoms with van der Waals surface area (Å²) in [5.74, 6) is -5.95. The summed E-state index contributed by atoms with van der Waals surface area (Å²) in [5, 5.41) is 0. The molecule has 1 fully saturated rings. The number of amides is 2. The maximum atomic E-state index is 14.0. The van der Waals surface area contributed by atoms with Gasteiger partial charge >= 0.3 is 29.8 Å². The monoisotopic (exact) mass is 1120 g/mol. The minimum atomic E-state index is -1.90. The number of alkyl halides is 4. The smallest absolute Gasteiger partial charge is 0.322 e.